The van der Waals surface area contributed by atoms with Crippen molar-refractivity contribution in [2.75, 3.05) is 0 Å². The van der Waals surface area contributed by atoms with Gasteiger partial charge in [0.1, 0.15) is 5.69 Å². The van der Waals surface area contributed by atoms with E-state index in [1.165, 1.54) is 11.3 Å². The largest absolute Gasteiger partial charge is 0.271 e. The minimum atomic E-state index is 0.459. The molecule has 0 saturated heterocycles. The summed E-state index contributed by atoms with van der Waals surface area (Å²) < 4.78 is 3.07. The van der Waals surface area contributed by atoms with E-state index in [9.17, 15) is 0 Å². The highest BCUT2D eigenvalue weighted by Gasteiger charge is 2.17. The van der Waals surface area contributed by atoms with Gasteiger partial charge in [-0.05, 0) is 28.8 Å². The van der Waals surface area contributed by atoms with Gasteiger partial charge < -0.3 is 0 Å². The van der Waals surface area contributed by atoms with Gasteiger partial charge in [0.15, 0.2) is 0 Å². The topological polar surface area (TPSA) is 17.8 Å². The van der Waals surface area contributed by atoms with Crippen LogP contribution in [0.25, 0.3) is 11.3 Å². The Labute approximate surface area is 111 Å². The van der Waals surface area contributed by atoms with E-state index < -0.39 is 0 Å². The molecule has 1 heterocycles. The number of benzene rings is 1. The molecular weight excluding hydrogens is 276 g/mol. The molecule has 17 heavy (non-hydrogen) atoms. The lowest BCUT2D eigenvalue weighted by Gasteiger charge is -2.05. The lowest BCUT2D eigenvalue weighted by molar-refractivity contribution is 0.668. The summed E-state index contributed by atoms with van der Waals surface area (Å²) in [5.74, 6) is 0.459. The molecule has 0 radical (unpaired) electrons. The Balaban J connectivity index is 2.53. The first-order chi connectivity index (χ1) is 8.00. The second-order valence-electron chi connectivity index (χ2n) is 4.69. The molecule has 1 aromatic carbocycles. The van der Waals surface area contributed by atoms with Gasteiger partial charge in [0.05, 0.1) is 10.2 Å². The molecule has 0 atom stereocenters. The predicted molar refractivity (Wildman–Crippen MR) is 75.2 cm³/mol. The van der Waals surface area contributed by atoms with Crippen molar-refractivity contribution in [3.63, 3.8) is 0 Å². The number of aryl methyl sites for hydroxylation is 2. The van der Waals surface area contributed by atoms with E-state index in [2.05, 4.69) is 66.1 Å². The van der Waals surface area contributed by atoms with Crippen LogP contribution >= 0.6 is 15.9 Å². The Morgan fingerprint density at radius 1 is 1.18 bits per heavy atom. The van der Waals surface area contributed by atoms with Crippen molar-refractivity contribution in [2.45, 2.75) is 26.7 Å². The van der Waals surface area contributed by atoms with Crippen LogP contribution in [0.2, 0.25) is 0 Å². The fourth-order valence-corrected chi connectivity index (χ4v) is 3.06. The van der Waals surface area contributed by atoms with Crippen molar-refractivity contribution < 1.29 is 0 Å². The second kappa shape index (κ2) is 4.65. The quantitative estimate of drug-likeness (QED) is 0.808. The Bertz CT molecular complexity index is 524. The van der Waals surface area contributed by atoms with E-state index in [0.717, 1.165) is 15.7 Å². The van der Waals surface area contributed by atoms with Gasteiger partial charge in [-0.15, -0.1) is 0 Å². The van der Waals surface area contributed by atoms with E-state index in [-0.39, 0.29) is 0 Å². The SMILES string of the molecule is Cc1ccc(-c2nn(C)c(C(C)C)c2Br)cc1. The third-order valence-corrected chi connectivity index (χ3v) is 3.69. The van der Waals surface area contributed by atoms with Gasteiger partial charge in [0.25, 0.3) is 0 Å². The van der Waals surface area contributed by atoms with Crippen LogP contribution in [-0.4, -0.2) is 9.78 Å². The fourth-order valence-electron chi connectivity index (χ4n) is 2.03. The van der Waals surface area contributed by atoms with Crippen LogP contribution in [0.15, 0.2) is 28.7 Å². The molecular formula is C14H17BrN2. The Morgan fingerprint density at radius 3 is 2.24 bits per heavy atom. The van der Waals surface area contributed by atoms with Crippen molar-refractivity contribution in [1.82, 2.24) is 9.78 Å². The maximum absolute atomic E-state index is 4.60. The summed E-state index contributed by atoms with van der Waals surface area (Å²) in [4.78, 5) is 0. The van der Waals surface area contributed by atoms with Crippen LogP contribution in [0.1, 0.15) is 31.0 Å². The van der Waals surface area contributed by atoms with E-state index in [4.69, 9.17) is 0 Å². The van der Waals surface area contributed by atoms with Gasteiger partial charge in [0.2, 0.25) is 0 Å². The maximum Gasteiger partial charge on any atom is 0.107 e. The van der Waals surface area contributed by atoms with E-state index in [1.807, 2.05) is 11.7 Å². The molecule has 2 rings (SSSR count). The molecule has 0 aliphatic heterocycles. The number of nitrogens with zero attached hydrogens (tertiary/aromatic N) is 2. The van der Waals surface area contributed by atoms with Gasteiger partial charge in [-0.1, -0.05) is 43.7 Å². The van der Waals surface area contributed by atoms with Crippen LogP contribution in [0, 0.1) is 6.92 Å². The van der Waals surface area contributed by atoms with Crippen molar-refractivity contribution in [3.8, 4) is 11.3 Å². The van der Waals surface area contributed by atoms with Gasteiger partial charge in [0, 0.05) is 12.6 Å². The number of hydrogen-bond acceptors (Lipinski definition) is 1. The third-order valence-electron chi connectivity index (χ3n) is 2.90. The van der Waals surface area contributed by atoms with Crippen LogP contribution in [0.3, 0.4) is 0 Å². The molecule has 0 N–H and O–H groups in total. The van der Waals surface area contributed by atoms with E-state index >= 15 is 0 Å². The number of hydrogen-bond donors (Lipinski definition) is 0. The van der Waals surface area contributed by atoms with Crippen LogP contribution in [0.4, 0.5) is 0 Å². The summed E-state index contributed by atoms with van der Waals surface area (Å²) in [6.07, 6.45) is 0. The highest BCUT2D eigenvalue weighted by molar-refractivity contribution is 9.10. The first-order valence-electron chi connectivity index (χ1n) is 5.80. The molecule has 0 unspecified atom stereocenters. The van der Waals surface area contributed by atoms with Gasteiger partial charge in [-0.3, -0.25) is 4.68 Å². The zero-order valence-electron chi connectivity index (χ0n) is 10.7. The summed E-state index contributed by atoms with van der Waals surface area (Å²) >= 11 is 3.67. The molecule has 0 aliphatic carbocycles. The minimum absolute atomic E-state index is 0.459. The average Bonchev–Trinajstić information content (AvgIpc) is 2.55. The summed E-state index contributed by atoms with van der Waals surface area (Å²) in [6.45, 7) is 6.46. The standard InChI is InChI=1S/C14H17BrN2/c1-9(2)14-12(15)13(16-17(14)4)11-7-5-10(3)6-8-11/h5-9H,1-4H3. The third kappa shape index (κ3) is 2.29. The molecule has 2 nitrogen and oxygen atoms in total. The average molecular weight is 293 g/mol. The molecule has 0 fully saturated rings. The normalized spacial score (nSPS) is 11.2. The fraction of sp³-hybridized carbons (Fsp3) is 0.357. The Morgan fingerprint density at radius 2 is 1.76 bits per heavy atom. The summed E-state index contributed by atoms with van der Waals surface area (Å²) in [6, 6.07) is 8.47. The van der Waals surface area contributed by atoms with E-state index in [0.29, 0.717) is 5.92 Å². The van der Waals surface area contributed by atoms with Crippen molar-refractivity contribution in [2.24, 2.45) is 7.05 Å². The Kier molecular flexibility index (Phi) is 3.38. The Hall–Kier alpha value is -1.09. The molecule has 1 aromatic heterocycles. The highest BCUT2D eigenvalue weighted by Crippen LogP contribution is 2.33. The molecule has 0 bridgehead atoms. The molecule has 0 aliphatic rings. The monoisotopic (exact) mass is 292 g/mol. The predicted octanol–water partition coefficient (Wildman–Crippen LogP) is 4.28. The lowest BCUT2D eigenvalue weighted by Crippen LogP contribution is -1.99. The number of rotatable bonds is 2. The van der Waals surface area contributed by atoms with Crippen LogP contribution in [0.5, 0.6) is 0 Å². The van der Waals surface area contributed by atoms with Crippen molar-refractivity contribution in [1.29, 1.82) is 0 Å². The van der Waals surface area contributed by atoms with Gasteiger partial charge in [-0.25, -0.2) is 0 Å². The first-order valence-corrected chi connectivity index (χ1v) is 6.59. The summed E-state index contributed by atoms with van der Waals surface area (Å²) in [5, 5.41) is 4.60. The molecule has 90 valence electrons. The first kappa shape index (κ1) is 12.4. The lowest BCUT2D eigenvalue weighted by atomic mass is 10.1. The minimum Gasteiger partial charge on any atom is -0.271 e. The molecule has 2 aromatic rings. The number of halogens is 1. The maximum atomic E-state index is 4.60. The summed E-state index contributed by atoms with van der Waals surface area (Å²) in [7, 11) is 2.00. The summed E-state index contributed by atoms with van der Waals surface area (Å²) in [5.41, 5.74) is 4.69. The van der Waals surface area contributed by atoms with Crippen LogP contribution in [-0.2, 0) is 7.05 Å². The second-order valence-corrected chi connectivity index (χ2v) is 5.49. The van der Waals surface area contributed by atoms with Crippen molar-refractivity contribution >= 4 is 15.9 Å². The molecule has 0 amide bonds. The zero-order valence-corrected chi connectivity index (χ0v) is 12.2. The highest BCUT2D eigenvalue weighted by atomic mass is 79.9. The number of aromatic nitrogens is 2. The smallest absolute Gasteiger partial charge is 0.107 e. The zero-order chi connectivity index (χ0) is 12.6. The molecule has 0 spiro atoms. The molecule has 3 heteroatoms. The van der Waals surface area contributed by atoms with Gasteiger partial charge >= 0.3 is 0 Å². The van der Waals surface area contributed by atoms with Gasteiger partial charge in [-0.2, -0.15) is 5.10 Å². The van der Waals surface area contributed by atoms with E-state index in [1.54, 1.807) is 0 Å². The van der Waals surface area contributed by atoms with Crippen LogP contribution < -0.4 is 0 Å². The molecule has 0 saturated carbocycles. The van der Waals surface area contributed by atoms with Crippen molar-refractivity contribution in [3.05, 3.63) is 40.0 Å².